The molecule has 0 aliphatic heterocycles. The second-order valence-electron chi connectivity index (χ2n) is 6.60. The topological polar surface area (TPSA) is 43.8 Å². The molecule has 2 aromatic rings. The summed E-state index contributed by atoms with van der Waals surface area (Å²) in [5.74, 6) is 1.12. The van der Waals surface area contributed by atoms with Crippen molar-refractivity contribution in [3.05, 3.63) is 29.6 Å². The Morgan fingerprint density at radius 2 is 1.94 bits per heavy atom. The lowest BCUT2D eigenvalue weighted by molar-refractivity contribution is 0.526. The van der Waals surface area contributed by atoms with Crippen LogP contribution in [-0.4, -0.2) is 9.55 Å². The van der Waals surface area contributed by atoms with E-state index in [9.17, 15) is 0 Å². The molecular weight excluding hydrogens is 222 g/mol. The predicted octanol–water partition coefficient (Wildman–Crippen LogP) is 2.82. The van der Waals surface area contributed by atoms with Crippen LogP contribution in [-0.2, 0) is 18.0 Å². The van der Waals surface area contributed by atoms with E-state index in [1.165, 1.54) is 11.1 Å². The average molecular weight is 243 g/mol. The number of nitrogens with zero attached hydrogens (tertiary/aromatic N) is 2. The second kappa shape index (κ2) is 3.35. The average Bonchev–Trinajstić information content (AvgIpc) is 2.94. The minimum atomic E-state index is -0.0758. The van der Waals surface area contributed by atoms with Gasteiger partial charge in [0.25, 0.3) is 0 Å². The molecule has 0 unspecified atom stereocenters. The summed E-state index contributed by atoms with van der Waals surface area (Å²) >= 11 is 0. The van der Waals surface area contributed by atoms with Crippen LogP contribution in [0.15, 0.2) is 18.2 Å². The number of rotatable bonds is 1. The summed E-state index contributed by atoms with van der Waals surface area (Å²) < 4.78 is 2.19. The molecule has 0 saturated heterocycles. The van der Waals surface area contributed by atoms with Gasteiger partial charge in [-0.15, -0.1) is 0 Å². The Kier molecular flexibility index (Phi) is 2.18. The third kappa shape index (κ3) is 1.65. The van der Waals surface area contributed by atoms with E-state index in [1.807, 2.05) is 0 Å². The molecule has 1 heterocycles. The SMILES string of the molecule is Cn1c(C(C)(C)C)nc2cc(C3(N)CC3)ccc21. The molecule has 1 aliphatic rings. The fourth-order valence-corrected chi connectivity index (χ4v) is 2.60. The van der Waals surface area contributed by atoms with Crippen LogP contribution in [0.5, 0.6) is 0 Å². The molecule has 1 saturated carbocycles. The molecule has 1 aromatic heterocycles. The van der Waals surface area contributed by atoms with Crippen molar-refractivity contribution >= 4 is 11.0 Å². The first-order valence-corrected chi connectivity index (χ1v) is 6.58. The van der Waals surface area contributed by atoms with Gasteiger partial charge in [0, 0.05) is 18.0 Å². The smallest absolute Gasteiger partial charge is 0.115 e. The molecule has 3 heteroatoms. The quantitative estimate of drug-likeness (QED) is 0.837. The summed E-state index contributed by atoms with van der Waals surface area (Å²) in [4.78, 5) is 4.79. The zero-order chi connectivity index (χ0) is 13.1. The van der Waals surface area contributed by atoms with Crippen LogP contribution in [0.25, 0.3) is 11.0 Å². The van der Waals surface area contributed by atoms with E-state index in [0.717, 1.165) is 24.2 Å². The molecule has 0 atom stereocenters. The van der Waals surface area contributed by atoms with Gasteiger partial charge in [-0.05, 0) is 30.5 Å². The summed E-state index contributed by atoms with van der Waals surface area (Å²) in [5.41, 5.74) is 9.73. The Hall–Kier alpha value is -1.35. The molecule has 1 aliphatic carbocycles. The molecule has 0 radical (unpaired) electrons. The van der Waals surface area contributed by atoms with Crippen LogP contribution in [0.4, 0.5) is 0 Å². The largest absolute Gasteiger partial charge is 0.331 e. The van der Waals surface area contributed by atoms with E-state index in [1.54, 1.807) is 0 Å². The molecular formula is C15H21N3. The number of hydrogen-bond donors (Lipinski definition) is 1. The van der Waals surface area contributed by atoms with Gasteiger partial charge >= 0.3 is 0 Å². The third-order valence-corrected chi connectivity index (χ3v) is 3.92. The monoisotopic (exact) mass is 243 g/mol. The molecule has 1 aromatic carbocycles. The zero-order valence-corrected chi connectivity index (χ0v) is 11.6. The van der Waals surface area contributed by atoms with Gasteiger partial charge < -0.3 is 10.3 Å². The lowest BCUT2D eigenvalue weighted by Gasteiger charge is -2.17. The van der Waals surface area contributed by atoms with Gasteiger partial charge in [-0.3, -0.25) is 0 Å². The van der Waals surface area contributed by atoms with Crippen molar-refractivity contribution in [1.29, 1.82) is 0 Å². The van der Waals surface area contributed by atoms with Crippen LogP contribution in [0, 0.1) is 0 Å². The lowest BCUT2D eigenvalue weighted by atomic mass is 9.96. The first kappa shape index (κ1) is 11.7. The number of benzene rings is 1. The van der Waals surface area contributed by atoms with Crippen molar-refractivity contribution < 1.29 is 0 Å². The fourth-order valence-electron chi connectivity index (χ4n) is 2.60. The molecule has 96 valence electrons. The van der Waals surface area contributed by atoms with Crippen LogP contribution in [0.2, 0.25) is 0 Å². The highest BCUT2D eigenvalue weighted by molar-refractivity contribution is 5.77. The fraction of sp³-hybridized carbons (Fsp3) is 0.533. The molecule has 1 fully saturated rings. The molecule has 0 amide bonds. The van der Waals surface area contributed by atoms with Crippen molar-refractivity contribution in [3.63, 3.8) is 0 Å². The standard InChI is InChI=1S/C15H21N3/c1-14(2,3)13-17-11-9-10(15(16)7-8-15)5-6-12(11)18(13)4/h5-6,9H,7-8,16H2,1-4H3. The van der Waals surface area contributed by atoms with Gasteiger partial charge in [-0.2, -0.15) is 0 Å². The Bertz CT molecular complexity index is 612. The van der Waals surface area contributed by atoms with Crippen molar-refractivity contribution in [2.75, 3.05) is 0 Å². The maximum atomic E-state index is 6.25. The molecule has 3 nitrogen and oxygen atoms in total. The molecule has 0 spiro atoms. The zero-order valence-electron chi connectivity index (χ0n) is 11.6. The number of hydrogen-bond acceptors (Lipinski definition) is 2. The van der Waals surface area contributed by atoms with Crippen LogP contribution in [0.1, 0.15) is 45.0 Å². The minimum Gasteiger partial charge on any atom is -0.331 e. The summed E-state index contributed by atoms with van der Waals surface area (Å²) in [5, 5.41) is 0. The Morgan fingerprint density at radius 1 is 1.28 bits per heavy atom. The highest BCUT2D eigenvalue weighted by atomic mass is 15.1. The third-order valence-electron chi connectivity index (χ3n) is 3.92. The van der Waals surface area contributed by atoms with E-state index < -0.39 is 0 Å². The maximum Gasteiger partial charge on any atom is 0.115 e. The van der Waals surface area contributed by atoms with Crippen molar-refractivity contribution in [2.45, 2.75) is 44.6 Å². The first-order valence-electron chi connectivity index (χ1n) is 6.58. The number of imidazole rings is 1. The van der Waals surface area contributed by atoms with Crippen molar-refractivity contribution in [2.24, 2.45) is 12.8 Å². The summed E-state index contributed by atoms with van der Waals surface area (Å²) in [6.45, 7) is 6.58. The Labute approximate surface area is 108 Å². The number of fused-ring (bicyclic) bond motifs is 1. The van der Waals surface area contributed by atoms with E-state index in [4.69, 9.17) is 10.7 Å². The Balaban J connectivity index is 2.18. The summed E-state index contributed by atoms with van der Waals surface area (Å²) in [7, 11) is 2.09. The van der Waals surface area contributed by atoms with Crippen LogP contribution in [0.3, 0.4) is 0 Å². The minimum absolute atomic E-state index is 0.0634. The van der Waals surface area contributed by atoms with Gasteiger partial charge in [0.2, 0.25) is 0 Å². The van der Waals surface area contributed by atoms with E-state index in [-0.39, 0.29) is 11.0 Å². The van der Waals surface area contributed by atoms with Gasteiger partial charge in [0.15, 0.2) is 0 Å². The first-order chi connectivity index (χ1) is 8.31. The lowest BCUT2D eigenvalue weighted by Crippen LogP contribution is -2.18. The molecule has 18 heavy (non-hydrogen) atoms. The van der Waals surface area contributed by atoms with Gasteiger partial charge in [0.1, 0.15) is 5.82 Å². The summed E-state index contributed by atoms with van der Waals surface area (Å²) in [6, 6.07) is 6.47. The highest BCUT2D eigenvalue weighted by Gasteiger charge is 2.40. The van der Waals surface area contributed by atoms with E-state index >= 15 is 0 Å². The van der Waals surface area contributed by atoms with Crippen molar-refractivity contribution in [1.82, 2.24) is 9.55 Å². The predicted molar refractivity (Wildman–Crippen MR) is 74.5 cm³/mol. The van der Waals surface area contributed by atoms with Gasteiger partial charge in [0.05, 0.1) is 11.0 Å². The van der Waals surface area contributed by atoms with Gasteiger partial charge in [-0.25, -0.2) is 4.98 Å². The Morgan fingerprint density at radius 3 is 2.50 bits per heavy atom. The van der Waals surface area contributed by atoms with Crippen molar-refractivity contribution in [3.8, 4) is 0 Å². The van der Waals surface area contributed by atoms with Gasteiger partial charge in [-0.1, -0.05) is 26.8 Å². The highest BCUT2D eigenvalue weighted by Crippen LogP contribution is 2.43. The molecule has 3 rings (SSSR count). The molecule has 2 N–H and O–H groups in total. The van der Waals surface area contributed by atoms with E-state index in [2.05, 4.69) is 50.6 Å². The van der Waals surface area contributed by atoms with E-state index in [0.29, 0.717) is 0 Å². The normalized spacial score (nSPS) is 18.3. The van der Waals surface area contributed by atoms with Crippen LogP contribution >= 0.6 is 0 Å². The number of nitrogens with two attached hydrogens (primary N) is 1. The summed E-state index contributed by atoms with van der Waals surface area (Å²) in [6.07, 6.45) is 2.19. The van der Waals surface area contributed by atoms with Crippen LogP contribution < -0.4 is 5.73 Å². The molecule has 0 bridgehead atoms. The number of aryl methyl sites for hydroxylation is 1. The number of aromatic nitrogens is 2. The maximum absolute atomic E-state index is 6.25. The second-order valence-corrected chi connectivity index (χ2v) is 6.60.